The largest absolute Gasteiger partial charge is 0.477 e. The van der Waals surface area contributed by atoms with Crippen molar-refractivity contribution in [2.75, 3.05) is 41.0 Å². The number of carbonyl (C=O) groups is 3. The van der Waals surface area contributed by atoms with Crippen molar-refractivity contribution in [2.45, 2.75) is 174 Å². The Morgan fingerprint density at radius 1 is 0.516 bits per heavy atom. The Hall–Kier alpha value is -4.01. The van der Waals surface area contributed by atoms with Crippen LogP contribution in [0.5, 0.6) is 0 Å². The van der Waals surface area contributed by atoms with Crippen LogP contribution in [-0.4, -0.2) is 80.6 Å². The summed E-state index contributed by atoms with van der Waals surface area (Å²) < 4.78 is 17.2. The van der Waals surface area contributed by atoms with Crippen LogP contribution in [0.4, 0.5) is 0 Å². The standard InChI is InChI=1S/C54H87NO7/c1-6-8-10-12-14-16-18-20-22-23-24-25-26-27-28-29-31-32-34-36-38-40-42-44-52(56)61-49-50(48-60-47-46-51(54(58)59)55(3,4)5)62-53(57)45-43-41-39-37-35-33-30-21-19-17-15-13-11-9-7-2/h8,10,14-17,19-22,24-25,27-28,31-32,36,38,50-51H,6-7,9,11-13,18,23,26,29-30,33-35,37,39-49H2,1-5H3/p+1/b10-8+,16-14+,17-15+,21-19+,22-20+,25-24+,28-27+,32-31+,38-36+. The highest BCUT2D eigenvalue weighted by atomic mass is 16.6. The van der Waals surface area contributed by atoms with Gasteiger partial charge in [0.15, 0.2) is 12.1 Å². The second-order valence-electron chi connectivity index (χ2n) is 16.7. The number of allylic oxidation sites excluding steroid dienone is 18. The molecule has 0 saturated heterocycles. The van der Waals surface area contributed by atoms with E-state index in [2.05, 4.69) is 123 Å². The van der Waals surface area contributed by atoms with Gasteiger partial charge in [0.2, 0.25) is 0 Å². The molecule has 0 heterocycles. The molecule has 0 rings (SSSR count). The maximum Gasteiger partial charge on any atom is 0.362 e. The van der Waals surface area contributed by atoms with Crippen molar-refractivity contribution >= 4 is 17.9 Å². The van der Waals surface area contributed by atoms with E-state index in [9.17, 15) is 19.5 Å². The summed E-state index contributed by atoms with van der Waals surface area (Å²) in [6, 6.07) is -0.632. The summed E-state index contributed by atoms with van der Waals surface area (Å²) in [6.45, 7) is 4.50. The summed E-state index contributed by atoms with van der Waals surface area (Å²) in [4.78, 5) is 37.1. The third-order valence-electron chi connectivity index (χ3n) is 9.93. The third-order valence-corrected chi connectivity index (χ3v) is 9.93. The predicted octanol–water partition coefficient (Wildman–Crippen LogP) is 13.6. The lowest BCUT2D eigenvalue weighted by atomic mass is 10.1. The first-order valence-electron chi connectivity index (χ1n) is 23.9. The van der Waals surface area contributed by atoms with E-state index in [1.807, 2.05) is 21.1 Å². The van der Waals surface area contributed by atoms with Gasteiger partial charge in [0, 0.05) is 19.3 Å². The molecule has 8 heteroatoms. The van der Waals surface area contributed by atoms with E-state index in [0.717, 1.165) is 89.9 Å². The number of carboxylic acid groups (broad SMARTS) is 1. The SMILES string of the molecule is CC/C=C/C/C=C/C/C=C/C/C=C/C/C=C/C/C=C/C/C=C/CCCC(=O)OCC(COCCC(C(=O)O)[N+](C)(C)C)OC(=O)CCCCCCCC/C=C/C=C/CCCCC. The number of unbranched alkanes of at least 4 members (excludes halogenated alkanes) is 10. The maximum absolute atomic E-state index is 12.7. The molecule has 0 aromatic rings. The lowest BCUT2D eigenvalue weighted by Gasteiger charge is -2.31. The Kier molecular flexibility index (Phi) is 40.8. The molecular formula is C54H88NO7+. The molecule has 62 heavy (non-hydrogen) atoms. The lowest BCUT2D eigenvalue weighted by molar-refractivity contribution is -0.887. The van der Waals surface area contributed by atoms with Crippen molar-refractivity contribution in [1.82, 2.24) is 0 Å². The Bertz CT molecular complexity index is 1370. The van der Waals surface area contributed by atoms with Crippen molar-refractivity contribution in [1.29, 1.82) is 0 Å². The molecule has 0 radical (unpaired) electrons. The fraction of sp³-hybridized carbons (Fsp3) is 0.611. The van der Waals surface area contributed by atoms with E-state index < -0.39 is 18.1 Å². The van der Waals surface area contributed by atoms with Crippen molar-refractivity contribution in [2.24, 2.45) is 0 Å². The van der Waals surface area contributed by atoms with Gasteiger partial charge in [0.25, 0.3) is 0 Å². The zero-order valence-corrected chi connectivity index (χ0v) is 39.8. The normalized spacial score (nSPS) is 13.9. The van der Waals surface area contributed by atoms with Crippen LogP contribution in [0.15, 0.2) is 109 Å². The zero-order valence-electron chi connectivity index (χ0n) is 39.8. The van der Waals surface area contributed by atoms with Crippen LogP contribution in [0.2, 0.25) is 0 Å². The smallest absolute Gasteiger partial charge is 0.362 e. The van der Waals surface area contributed by atoms with Crippen molar-refractivity contribution < 1.29 is 38.2 Å². The monoisotopic (exact) mass is 863 g/mol. The minimum absolute atomic E-state index is 0.0307. The van der Waals surface area contributed by atoms with Gasteiger partial charge in [-0.3, -0.25) is 9.59 Å². The number of ether oxygens (including phenoxy) is 3. The third kappa shape index (κ3) is 41.3. The van der Waals surface area contributed by atoms with Crippen molar-refractivity contribution in [3.05, 3.63) is 109 Å². The number of hydrogen-bond donors (Lipinski definition) is 1. The van der Waals surface area contributed by atoms with Gasteiger partial charge in [0.05, 0.1) is 34.4 Å². The number of hydrogen-bond acceptors (Lipinski definition) is 6. The van der Waals surface area contributed by atoms with Crippen LogP contribution in [-0.2, 0) is 28.6 Å². The molecule has 0 saturated carbocycles. The number of nitrogens with zero attached hydrogens (tertiary/aromatic N) is 1. The minimum Gasteiger partial charge on any atom is -0.477 e. The average molecular weight is 863 g/mol. The first-order chi connectivity index (χ1) is 30.1. The number of likely N-dealkylation sites (N-methyl/N-ethyl adjacent to an activating group) is 1. The fourth-order valence-corrected chi connectivity index (χ4v) is 6.25. The molecule has 1 N–H and O–H groups in total. The molecule has 350 valence electrons. The maximum atomic E-state index is 12.7. The Morgan fingerprint density at radius 2 is 0.968 bits per heavy atom. The van der Waals surface area contributed by atoms with Gasteiger partial charge in [-0.05, 0) is 89.9 Å². The van der Waals surface area contributed by atoms with Gasteiger partial charge in [-0.25, -0.2) is 4.79 Å². The molecule has 0 aromatic heterocycles. The van der Waals surface area contributed by atoms with Gasteiger partial charge in [-0.2, -0.15) is 0 Å². The molecule has 0 aliphatic rings. The van der Waals surface area contributed by atoms with Gasteiger partial charge in [-0.1, -0.05) is 162 Å². The molecule has 0 amide bonds. The van der Waals surface area contributed by atoms with Gasteiger partial charge >= 0.3 is 17.9 Å². The molecule has 2 unspecified atom stereocenters. The van der Waals surface area contributed by atoms with Crippen LogP contribution in [0.25, 0.3) is 0 Å². The predicted molar refractivity (Wildman–Crippen MR) is 261 cm³/mol. The summed E-state index contributed by atoms with van der Waals surface area (Å²) in [5.41, 5.74) is 0. The summed E-state index contributed by atoms with van der Waals surface area (Å²) >= 11 is 0. The summed E-state index contributed by atoms with van der Waals surface area (Å²) in [5.74, 6) is -1.57. The highest BCUT2D eigenvalue weighted by Gasteiger charge is 2.31. The van der Waals surface area contributed by atoms with Crippen LogP contribution in [0, 0.1) is 0 Å². The molecular weight excluding hydrogens is 775 g/mol. The number of esters is 2. The van der Waals surface area contributed by atoms with Crippen LogP contribution in [0.3, 0.4) is 0 Å². The fourth-order valence-electron chi connectivity index (χ4n) is 6.25. The first kappa shape index (κ1) is 58.0. The van der Waals surface area contributed by atoms with Gasteiger partial charge < -0.3 is 23.8 Å². The lowest BCUT2D eigenvalue weighted by Crippen LogP contribution is -2.50. The Labute approximate surface area is 378 Å². The quantitative estimate of drug-likeness (QED) is 0.0215. The minimum atomic E-state index is -0.890. The highest BCUT2D eigenvalue weighted by Crippen LogP contribution is 2.12. The second-order valence-corrected chi connectivity index (χ2v) is 16.7. The molecule has 0 aliphatic heterocycles. The summed E-state index contributed by atoms with van der Waals surface area (Å²) in [6.07, 6.45) is 60.0. The number of carbonyl (C=O) groups excluding carboxylic acids is 2. The molecule has 0 bridgehead atoms. The molecule has 8 nitrogen and oxygen atoms in total. The number of carboxylic acids is 1. The highest BCUT2D eigenvalue weighted by molar-refractivity contribution is 5.72. The zero-order chi connectivity index (χ0) is 45.6. The first-order valence-corrected chi connectivity index (χ1v) is 23.9. The Morgan fingerprint density at radius 3 is 1.47 bits per heavy atom. The molecule has 0 spiro atoms. The molecule has 0 fully saturated rings. The van der Waals surface area contributed by atoms with Crippen LogP contribution < -0.4 is 0 Å². The van der Waals surface area contributed by atoms with E-state index >= 15 is 0 Å². The van der Waals surface area contributed by atoms with E-state index in [0.29, 0.717) is 19.3 Å². The number of quaternary nitrogens is 1. The van der Waals surface area contributed by atoms with E-state index in [-0.39, 0.29) is 42.7 Å². The number of aliphatic carboxylic acids is 1. The molecule has 2 atom stereocenters. The second kappa shape index (κ2) is 43.6. The van der Waals surface area contributed by atoms with Gasteiger partial charge in [-0.15, -0.1) is 0 Å². The summed E-state index contributed by atoms with van der Waals surface area (Å²) in [7, 11) is 5.50. The van der Waals surface area contributed by atoms with Crippen LogP contribution in [0.1, 0.15) is 162 Å². The average Bonchev–Trinajstić information content (AvgIpc) is 3.23. The van der Waals surface area contributed by atoms with E-state index in [1.165, 1.54) is 32.1 Å². The van der Waals surface area contributed by atoms with E-state index in [1.54, 1.807) is 0 Å². The van der Waals surface area contributed by atoms with Crippen molar-refractivity contribution in [3.63, 3.8) is 0 Å². The molecule has 0 aromatic carbocycles. The van der Waals surface area contributed by atoms with Gasteiger partial charge in [0.1, 0.15) is 6.61 Å². The molecule has 0 aliphatic carbocycles. The van der Waals surface area contributed by atoms with Crippen molar-refractivity contribution in [3.8, 4) is 0 Å². The Balaban J connectivity index is 4.43. The topological polar surface area (TPSA) is 99.1 Å². The number of rotatable bonds is 41. The van der Waals surface area contributed by atoms with E-state index in [4.69, 9.17) is 14.2 Å². The summed E-state index contributed by atoms with van der Waals surface area (Å²) in [5, 5.41) is 9.64. The van der Waals surface area contributed by atoms with Crippen LogP contribution >= 0.6 is 0 Å².